The first-order valence-corrected chi connectivity index (χ1v) is 11.7. The van der Waals surface area contributed by atoms with Gasteiger partial charge in [0, 0.05) is 0 Å². The summed E-state index contributed by atoms with van der Waals surface area (Å²) in [7, 11) is 1.59. The number of nitrogens with one attached hydrogen (secondary N) is 3. The van der Waals surface area contributed by atoms with Crippen LogP contribution in [-0.2, 0) is 16.0 Å². The molecule has 186 valence electrons. The molecular formula is C27H27FN4O4. The highest BCUT2D eigenvalue weighted by atomic mass is 19.1. The molecule has 36 heavy (non-hydrogen) atoms. The van der Waals surface area contributed by atoms with E-state index >= 15 is 0 Å². The Morgan fingerprint density at radius 2 is 1.75 bits per heavy atom. The average Bonchev–Trinajstić information content (AvgIpc) is 2.89. The molecule has 0 spiro atoms. The van der Waals surface area contributed by atoms with E-state index in [1.165, 1.54) is 36.4 Å². The lowest BCUT2D eigenvalue weighted by molar-refractivity contribution is -0.118. The first-order chi connectivity index (χ1) is 17.3. The predicted molar refractivity (Wildman–Crippen MR) is 134 cm³/mol. The van der Waals surface area contributed by atoms with Crippen molar-refractivity contribution in [2.24, 2.45) is 0 Å². The molecule has 0 radical (unpaired) electrons. The van der Waals surface area contributed by atoms with Crippen molar-refractivity contribution >= 4 is 23.4 Å². The van der Waals surface area contributed by atoms with Gasteiger partial charge in [0.2, 0.25) is 5.91 Å². The number of aromatic nitrogens is 1. The SMILES string of the molecule is CN[C@@H](C)C(=O)Nc1ccc(-c2ccc(F)cc2)n(C(=O)C(=O)NC2CCCc3ccccc32)c1=O. The lowest BCUT2D eigenvalue weighted by atomic mass is 9.88. The van der Waals surface area contributed by atoms with Crippen molar-refractivity contribution < 1.29 is 18.8 Å². The second-order valence-corrected chi connectivity index (χ2v) is 8.70. The Labute approximate surface area is 207 Å². The zero-order valence-electron chi connectivity index (χ0n) is 20.0. The highest BCUT2D eigenvalue weighted by Crippen LogP contribution is 2.29. The van der Waals surface area contributed by atoms with E-state index in [0.717, 1.165) is 28.5 Å². The topological polar surface area (TPSA) is 109 Å². The molecule has 1 heterocycles. The number of anilines is 1. The van der Waals surface area contributed by atoms with Crippen LogP contribution in [0.1, 0.15) is 41.7 Å². The molecule has 0 bridgehead atoms. The van der Waals surface area contributed by atoms with Crippen molar-refractivity contribution in [2.75, 3.05) is 12.4 Å². The van der Waals surface area contributed by atoms with Gasteiger partial charge in [-0.2, -0.15) is 0 Å². The summed E-state index contributed by atoms with van der Waals surface area (Å²) < 4.78 is 14.2. The van der Waals surface area contributed by atoms with Crippen molar-refractivity contribution in [3.63, 3.8) is 0 Å². The standard InChI is InChI=1S/C27H27FN4O4/c1-16(29-2)24(33)31-22-14-15-23(18-10-12-19(28)13-11-18)32(26(22)35)27(36)25(34)30-21-9-5-7-17-6-3-4-8-20(17)21/h3-4,6,8,10-16,21,29H,5,7,9H2,1-2H3,(H,30,34)(H,31,33)/t16-,21?/m0/s1. The Kier molecular flexibility index (Phi) is 7.40. The largest absolute Gasteiger partial charge is 0.341 e. The van der Waals surface area contributed by atoms with E-state index < -0.39 is 35.1 Å². The molecular weight excluding hydrogens is 463 g/mol. The van der Waals surface area contributed by atoms with Crippen LogP contribution in [0.4, 0.5) is 10.1 Å². The minimum Gasteiger partial charge on any atom is -0.341 e. The van der Waals surface area contributed by atoms with E-state index in [9.17, 15) is 23.6 Å². The quantitative estimate of drug-likeness (QED) is 0.477. The molecule has 3 aromatic rings. The number of hydrogen-bond donors (Lipinski definition) is 3. The second kappa shape index (κ2) is 10.7. The number of benzene rings is 2. The first-order valence-electron chi connectivity index (χ1n) is 11.7. The fourth-order valence-electron chi connectivity index (χ4n) is 4.28. The average molecular weight is 491 g/mol. The number of hydrogen-bond acceptors (Lipinski definition) is 5. The molecule has 2 atom stereocenters. The van der Waals surface area contributed by atoms with Gasteiger partial charge < -0.3 is 16.0 Å². The Bertz CT molecular complexity index is 1370. The van der Waals surface area contributed by atoms with E-state index in [-0.39, 0.29) is 17.4 Å². The minimum absolute atomic E-state index is 0.101. The van der Waals surface area contributed by atoms with Gasteiger partial charge in [0.1, 0.15) is 11.5 Å². The summed E-state index contributed by atoms with van der Waals surface area (Å²) in [5, 5.41) is 8.04. The molecule has 0 aliphatic heterocycles. The number of pyridine rings is 1. The third kappa shape index (κ3) is 5.11. The molecule has 8 nitrogen and oxygen atoms in total. The molecule has 4 rings (SSSR count). The molecule has 2 aromatic carbocycles. The number of amides is 2. The van der Waals surface area contributed by atoms with Gasteiger partial charge in [-0.1, -0.05) is 24.3 Å². The van der Waals surface area contributed by atoms with Gasteiger partial charge in [-0.15, -0.1) is 0 Å². The zero-order chi connectivity index (χ0) is 25.8. The van der Waals surface area contributed by atoms with Gasteiger partial charge in [-0.05, 0) is 86.3 Å². The van der Waals surface area contributed by atoms with Crippen molar-refractivity contribution in [3.05, 3.63) is 88.0 Å². The van der Waals surface area contributed by atoms with Crippen LogP contribution >= 0.6 is 0 Å². The monoisotopic (exact) mass is 490 g/mol. The lowest BCUT2D eigenvalue weighted by Crippen LogP contribution is -2.43. The van der Waals surface area contributed by atoms with Crippen molar-refractivity contribution in [2.45, 2.75) is 38.3 Å². The number of rotatable bonds is 5. The fraction of sp³-hybridized carbons (Fsp3) is 0.259. The number of fused-ring (bicyclic) bond motifs is 1. The summed E-state index contributed by atoms with van der Waals surface area (Å²) in [4.78, 5) is 52.2. The van der Waals surface area contributed by atoms with E-state index in [1.54, 1.807) is 14.0 Å². The number of carbonyl (C=O) groups excluding carboxylic acids is 3. The van der Waals surface area contributed by atoms with Crippen LogP contribution < -0.4 is 21.5 Å². The van der Waals surface area contributed by atoms with Crippen LogP contribution in [0.3, 0.4) is 0 Å². The van der Waals surface area contributed by atoms with Crippen molar-refractivity contribution in [3.8, 4) is 11.3 Å². The van der Waals surface area contributed by atoms with Crippen LogP contribution in [0, 0.1) is 5.82 Å². The van der Waals surface area contributed by atoms with E-state index in [2.05, 4.69) is 16.0 Å². The number of nitrogens with zero attached hydrogens (tertiary/aromatic N) is 1. The molecule has 1 aliphatic carbocycles. The maximum absolute atomic E-state index is 13.5. The van der Waals surface area contributed by atoms with Gasteiger partial charge in [0.15, 0.2) is 0 Å². The zero-order valence-corrected chi connectivity index (χ0v) is 20.0. The number of aryl methyl sites for hydroxylation is 1. The number of likely N-dealkylation sites (N-methyl/N-ethyl adjacent to an activating group) is 1. The van der Waals surface area contributed by atoms with Gasteiger partial charge in [0.05, 0.1) is 17.8 Å². The lowest BCUT2D eigenvalue weighted by Gasteiger charge is -2.26. The fourth-order valence-corrected chi connectivity index (χ4v) is 4.28. The Balaban J connectivity index is 1.71. The van der Waals surface area contributed by atoms with Crippen LogP contribution in [0.15, 0.2) is 65.5 Å². The van der Waals surface area contributed by atoms with Gasteiger partial charge in [-0.3, -0.25) is 19.2 Å². The predicted octanol–water partition coefficient (Wildman–Crippen LogP) is 3.03. The third-order valence-corrected chi connectivity index (χ3v) is 6.38. The van der Waals surface area contributed by atoms with E-state index in [4.69, 9.17) is 0 Å². The van der Waals surface area contributed by atoms with Crippen LogP contribution in [0.25, 0.3) is 11.3 Å². The molecule has 0 saturated heterocycles. The summed E-state index contributed by atoms with van der Waals surface area (Å²) in [5.41, 5.74) is 1.49. The Morgan fingerprint density at radius 1 is 1.03 bits per heavy atom. The number of halogens is 1. The molecule has 1 aliphatic rings. The smallest absolute Gasteiger partial charge is 0.323 e. The maximum atomic E-state index is 13.5. The maximum Gasteiger partial charge on any atom is 0.323 e. The van der Waals surface area contributed by atoms with Gasteiger partial charge in [-0.25, -0.2) is 8.96 Å². The van der Waals surface area contributed by atoms with Crippen LogP contribution in [-0.4, -0.2) is 35.4 Å². The summed E-state index contributed by atoms with van der Waals surface area (Å²) in [5.74, 6) is -3.02. The third-order valence-electron chi connectivity index (χ3n) is 6.38. The van der Waals surface area contributed by atoms with Crippen molar-refractivity contribution in [1.82, 2.24) is 15.2 Å². The molecule has 0 saturated carbocycles. The molecule has 0 fully saturated rings. The summed E-state index contributed by atoms with van der Waals surface area (Å²) >= 11 is 0. The molecule has 1 aromatic heterocycles. The summed E-state index contributed by atoms with van der Waals surface area (Å²) in [6.07, 6.45) is 2.40. The van der Waals surface area contributed by atoms with Crippen LogP contribution in [0.5, 0.6) is 0 Å². The van der Waals surface area contributed by atoms with Gasteiger partial charge in [0.25, 0.3) is 5.56 Å². The van der Waals surface area contributed by atoms with E-state index in [0.29, 0.717) is 12.0 Å². The second-order valence-electron chi connectivity index (χ2n) is 8.70. The molecule has 9 heteroatoms. The highest BCUT2D eigenvalue weighted by Gasteiger charge is 2.28. The highest BCUT2D eigenvalue weighted by molar-refractivity contribution is 6.36. The van der Waals surface area contributed by atoms with Crippen molar-refractivity contribution in [1.29, 1.82) is 0 Å². The van der Waals surface area contributed by atoms with Gasteiger partial charge >= 0.3 is 11.8 Å². The molecule has 3 N–H and O–H groups in total. The van der Waals surface area contributed by atoms with Crippen LogP contribution in [0.2, 0.25) is 0 Å². The normalized spacial score (nSPS) is 15.5. The Morgan fingerprint density at radius 3 is 2.47 bits per heavy atom. The van der Waals surface area contributed by atoms with E-state index in [1.807, 2.05) is 24.3 Å². The molecule has 1 unspecified atom stereocenters. The summed E-state index contributed by atoms with van der Waals surface area (Å²) in [6.45, 7) is 1.61. The molecule has 2 amide bonds. The first kappa shape index (κ1) is 25.0. The Hall–Kier alpha value is -4.11. The number of carbonyl (C=O) groups is 3. The minimum atomic E-state index is -1.10. The summed E-state index contributed by atoms with van der Waals surface area (Å²) in [6, 6.07) is 14.7.